The molecule has 2 atom stereocenters. The topological polar surface area (TPSA) is 154 Å². The first kappa shape index (κ1) is 25.9. The molecule has 3 heterocycles. The van der Waals surface area contributed by atoms with E-state index >= 15 is 0 Å². The van der Waals surface area contributed by atoms with Gasteiger partial charge in [0, 0.05) is 5.69 Å². The number of ether oxygens (including phenoxy) is 2. The Morgan fingerprint density at radius 1 is 1.03 bits per heavy atom. The van der Waals surface area contributed by atoms with Gasteiger partial charge in [-0.1, -0.05) is 12.1 Å². The van der Waals surface area contributed by atoms with Crippen molar-refractivity contribution in [3.8, 4) is 28.7 Å². The molecule has 4 aromatic rings. The van der Waals surface area contributed by atoms with E-state index in [9.17, 15) is 17.9 Å². The monoisotopic (exact) mass is 529 g/mol. The summed E-state index contributed by atoms with van der Waals surface area (Å²) in [5, 5.41) is 17.4. The Labute approximate surface area is 212 Å². The van der Waals surface area contributed by atoms with Crippen LogP contribution in [-0.4, -0.2) is 62.7 Å². The highest BCUT2D eigenvalue weighted by atomic mass is 32.2. The van der Waals surface area contributed by atoms with Crippen molar-refractivity contribution in [2.75, 3.05) is 18.9 Å². The molecule has 0 radical (unpaired) electrons. The Balaban J connectivity index is 1.83. The smallest absolute Gasteiger partial charge is 0.243 e. The minimum Gasteiger partial charge on any atom is -0.494 e. The standard InChI is InChI=1S/C23H24FN7O5S/c1-13-7-5-8-16(27-13)22-28-29-23(31(22)19-17(35-3)9-6-10-18(19)36-4)30-37(33,34)14(2)20(32)21-25-11-15(24)12-26-21/h5-12,14,20,32H,1-4H3,(H,29,30)/t14-,20-/m0/s1. The van der Waals surface area contributed by atoms with E-state index in [4.69, 9.17) is 9.47 Å². The van der Waals surface area contributed by atoms with Crippen LogP contribution in [0.5, 0.6) is 11.5 Å². The SMILES string of the molecule is COc1cccc(OC)c1-n1c(NS(=O)(=O)[C@@H](C)[C@H](O)c2ncc(F)cn2)nnc1-c1cccc(C)n1. The van der Waals surface area contributed by atoms with E-state index in [-0.39, 0.29) is 17.6 Å². The zero-order chi connectivity index (χ0) is 26.7. The lowest BCUT2D eigenvalue weighted by molar-refractivity contribution is 0.166. The van der Waals surface area contributed by atoms with Crippen LogP contribution < -0.4 is 14.2 Å². The summed E-state index contributed by atoms with van der Waals surface area (Å²) < 4.78 is 54.7. The fraction of sp³-hybridized carbons (Fsp3) is 0.261. The summed E-state index contributed by atoms with van der Waals surface area (Å²) in [6.45, 7) is 3.06. The molecule has 0 spiro atoms. The number of aryl methyl sites for hydroxylation is 1. The van der Waals surface area contributed by atoms with Crippen molar-refractivity contribution >= 4 is 16.0 Å². The molecule has 0 aliphatic carbocycles. The highest BCUT2D eigenvalue weighted by Crippen LogP contribution is 2.37. The summed E-state index contributed by atoms with van der Waals surface area (Å²) in [5.74, 6) is -0.278. The summed E-state index contributed by atoms with van der Waals surface area (Å²) in [7, 11) is -1.40. The van der Waals surface area contributed by atoms with Crippen molar-refractivity contribution in [3.63, 3.8) is 0 Å². The molecule has 0 saturated carbocycles. The van der Waals surface area contributed by atoms with Gasteiger partial charge in [-0.25, -0.2) is 27.8 Å². The van der Waals surface area contributed by atoms with Crippen molar-refractivity contribution in [3.05, 3.63) is 66.1 Å². The molecule has 14 heteroatoms. The Morgan fingerprint density at radius 3 is 2.24 bits per heavy atom. The quantitative estimate of drug-likeness (QED) is 0.330. The zero-order valence-corrected chi connectivity index (χ0v) is 21.1. The number of nitrogens with zero attached hydrogens (tertiary/aromatic N) is 6. The molecule has 0 amide bonds. The molecule has 0 unspecified atom stereocenters. The second-order valence-electron chi connectivity index (χ2n) is 7.91. The van der Waals surface area contributed by atoms with Gasteiger partial charge in [0.2, 0.25) is 16.0 Å². The van der Waals surface area contributed by atoms with Crippen LogP contribution in [0.2, 0.25) is 0 Å². The fourth-order valence-electron chi connectivity index (χ4n) is 3.52. The Kier molecular flexibility index (Phi) is 7.31. The second kappa shape index (κ2) is 10.4. The maximum Gasteiger partial charge on any atom is 0.243 e. The number of aliphatic hydroxyl groups is 1. The van der Waals surface area contributed by atoms with Crippen LogP contribution in [0.15, 0.2) is 48.8 Å². The van der Waals surface area contributed by atoms with Crippen molar-refractivity contribution in [2.45, 2.75) is 25.2 Å². The summed E-state index contributed by atoms with van der Waals surface area (Å²) in [6, 6.07) is 10.3. The maximum absolute atomic E-state index is 13.3. The summed E-state index contributed by atoms with van der Waals surface area (Å²) >= 11 is 0. The molecule has 1 aromatic carbocycles. The largest absolute Gasteiger partial charge is 0.494 e. The molecule has 37 heavy (non-hydrogen) atoms. The van der Waals surface area contributed by atoms with Gasteiger partial charge in [0.25, 0.3) is 0 Å². The number of aliphatic hydroxyl groups excluding tert-OH is 1. The van der Waals surface area contributed by atoms with Crippen molar-refractivity contribution in [1.29, 1.82) is 0 Å². The number of halogens is 1. The first-order valence-electron chi connectivity index (χ1n) is 10.9. The predicted octanol–water partition coefficient (Wildman–Crippen LogP) is 2.45. The summed E-state index contributed by atoms with van der Waals surface area (Å²) in [5.41, 5.74) is 1.44. The van der Waals surface area contributed by atoms with Crippen LogP contribution in [0.25, 0.3) is 17.2 Å². The van der Waals surface area contributed by atoms with Crippen LogP contribution in [-0.2, 0) is 10.0 Å². The van der Waals surface area contributed by atoms with E-state index < -0.39 is 27.2 Å². The fourth-order valence-corrected chi connectivity index (χ4v) is 4.56. The number of benzene rings is 1. The predicted molar refractivity (Wildman–Crippen MR) is 131 cm³/mol. The first-order valence-corrected chi connectivity index (χ1v) is 12.5. The van der Waals surface area contributed by atoms with Crippen LogP contribution in [0.1, 0.15) is 24.5 Å². The molecule has 0 aliphatic heterocycles. The average Bonchev–Trinajstić information content (AvgIpc) is 3.29. The van der Waals surface area contributed by atoms with Gasteiger partial charge in [-0.15, -0.1) is 10.2 Å². The van der Waals surface area contributed by atoms with Gasteiger partial charge in [-0.2, -0.15) is 0 Å². The van der Waals surface area contributed by atoms with Gasteiger partial charge in [0.1, 0.15) is 34.2 Å². The normalized spacial score (nSPS) is 13.1. The summed E-state index contributed by atoms with van der Waals surface area (Å²) in [6.07, 6.45) is 0.0156. The Bertz CT molecular complexity index is 1490. The number of hydrogen-bond donors (Lipinski definition) is 2. The molecule has 12 nitrogen and oxygen atoms in total. The van der Waals surface area contributed by atoms with Crippen LogP contribution in [0, 0.1) is 12.7 Å². The molecule has 194 valence electrons. The molecule has 0 saturated heterocycles. The number of sulfonamides is 1. The lowest BCUT2D eigenvalue weighted by atomic mass is 10.2. The zero-order valence-electron chi connectivity index (χ0n) is 20.3. The molecule has 3 aromatic heterocycles. The Morgan fingerprint density at radius 2 is 1.65 bits per heavy atom. The van der Waals surface area contributed by atoms with Crippen LogP contribution in [0.3, 0.4) is 0 Å². The minimum absolute atomic E-state index is 0.208. The number of nitrogens with one attached hydrogen (secondary N) is 1. The molecule has 4 rings (SSSR count). The van der Waals surface area contributed by atoms with E-state index in [2.05, 4.69) is 29.9 Å². The molecule has 0 fully saturated rings. The first-order chi connectivity index (χ1) is 17.7. The molecular weight excluding hydrogens is 505 g/mol. The third kappa shape index (κ3) is 5.20. The van der Waals surface area contributed by atoms with Gasteiger partial charge in [-0.05, 0) is 38.1 Å². The lowest BCUT2D eigenvalue weighted by Gasteiger charge is -2.20. The van der Waals surface area contributed by atoms with E-state index in [1.54, 1.807) is 43.3 Å². The average molecular weight is 530 g/mol. The number of hydrogen-bond acceptors (Lipinski definition) is 10. The number of pyridine rings is 1. The molecule has 0 aliphatic rings. The molecular formula is C23H24FN7O5S. The molecule has 0 bridgehead atoms. The van der Waals surface area contributed by atoms with Gasteiger partial charge < -0.3 is 14.6 Å². The number of rotatable bonds is 9. The van der Waals surface area contributed by atoms with Gasteiger partial charge >= 0.3 is 0 Å². The molecule has 2 N–H and O–H groups in total. The van der Waals surface area contributed by atoms with Crippen molar-refractivity contribution in [1.82, 2.24) is 29.7 Å². The summed E-state index contributed by atoms with van der Waals surface area (Å²) in [4.78, 5) is 11.9. The van der Waals surface area contributed by atoms with E-state index in [1.165, 1.54) is 25.7 Å². The van der Waals surface area contributed by atoms with E-state index in [0.717, 1.165) is 12.4 Å². The van der Waals surface area contributed by atoms with E-state index in [0.29, 0.717) is 28.6 Å². The number of aromatic nitrogens is 6. The van der Waals surface area contributed by atoms with Crippen molar-refractivity contribution < 1.29 is 27.4 Å². The van der Waals surface area contributed by atoms with Gasteiger partial charge in [0.15, 0.2) is 17.5 Å². The van der Waals surface area contributed by atoms with Crippen LogP contribution in [0.4, 0.5) is 10.3 Å². The number of anilines is 1. The third-order valence-corrected chi connectivity index (χ3v) is 7.18. The number of methoxy groups -OCH3 is 2. The Hall–Kier alpha value is -4.17. The second-order valence-corrected chi connectivity index (χ2v) is 9.95. The highest BCUT2D eigenvalue weighted by molar-refractivity contribution is 7.93. The van der Waals surface area contributed by atoms with Crippen molar-refractivity contribution in [2.24, 2.45) is 0 Å². The number of para-hydroxylation sites is 1. The third-order valence-electron chi connectivity index (χ3n) is 5.48. The van der Waals surface area contributed by atoms with Gasteiger partial charge in [0.05, 0.1) is 26.6 Å². The van der Waals surface area contributed by atoms with Crippen LogP contribution >= 0.6 is 0 Å². The maximum atomic E-state index is 13.3. The van der Waals surface area contributed by atoms with E-state index in [1.807, 2.05) is 0 Å². The van der Waals surface area contributed by atoms with Gasteiger partial charge in [-0.3, -0.25) is 9.29 Å². The minimum atomic E-state index is -4.32. The highest BCUT2D eigenvalue weighted by Gasteiger charge is 2.34. The lowest BCUT2D eigenvalue weighted by Crippen LogP contribution is -2.32.